The van der Waals surface area contributed by atoms with Crippen LogP contribution >= 0.6 is 0 Å². The number of unbranched alkanes of at least 4 members (excludes halogenated alkanes) is 6. The first kappa shape index (κ1) is 30.8. The number of nitrogens with zero attached hydrogens (tertiary/aromatic N) is 1. The van der Waals surface area contributed by atoms with Crippen molar-refractivity contribution in [3.8, 4) is 0 Å². The highest BCUT2D eigenvalue weighted by molar-refractivity contribution is 6.27. The molecule has 2 aliphatic carbocycles. The van der Waals surface area contributed by atoms with Gasteiger partial charge in [0.05, 0.1) is 0 Å². The zero-order chi connectivity index (χ0) is 30.1. The molecule has 0 N–H and O–H groups in total. The minimum Gasteiger partial charge on any atom is -0.289 e. The lowest BCUT2D eigenvalue weighted by Gasteiger charge is -2.18. The van der Waals surface area contributed by atoms with Crippen LogP contribution in [0.4, 0.5) is 0 Å². The summed E-state index contributed by atoms with van der Waals surface area (Å²) in [5.41, 5.74) is 4.22. The number of benzene rings is 2. The van der Waals surface area contributed by atoms with E-state index in [1.54, 1.807) is 62.4 Å². The van der Waals surface area contributed by atoms with Crippen LogP contribution in [0.5, 0.6) is 0 Å². The van der Waals surface area contributed by atoms with Crippen LogP contribution < -0.4 is 0 Å². The SMILES string of the molecule is CC1=C(CCCCCCO[N+](=O)OCCCCCCC2=C(C)C(=O)c3ccccc3C2=O)C(=O)c2ccccc2C1=O. The lowest BCUT2D eigenvalue weighted by atomic mass is 9.83. The normalized spacial score (nSPS) is 14.7. The Kier molecular flexibility index (Phi) is 10.7. The molecule has 0 saturated carbocycles. The minimum absolute atomic E-state index is 0.0559. The maximum absolute atomic E-state index is 12.8. The molecule has 2 aromatic rings. The van der Waals surface area contributed by atoms with E-state index in [4.69, 9.17) is 9.68 Å². The molecule has 2 aromatic carbocycles. The lowest BCUT2D eigenvalue weighted by molar-refractivity contribution is -0.981. The Morgan fingerprint density at radius 1 is 0.500 bits per heavy atom. The molecule has 42 heavy (non-hydrogen) atoms. The first-order valence-electron chi connectivity index (χ1n) is 14.8. The number of Topliss-reactive ketones (excluding diaryl/α,β-unsaturated/α-hetero) is 4. The van der Waals surface area contributed by atoms with Gasteiger partial charge in [0.15, 0.2) is 36.3 Å². The average molecular weight is 573 g/mol. The Hall–Kier alpha value is -4.20. The number of ketones is 4. The summed E-state index contributed by atoms with van der Waals surface area (Å²) < 4.78 is 0. The third-order valence-corrected chi connectivity index (χ3v) is 8.00. The topological polar surface area (TPSA) is 107 Å². The molecule has 0 aromatic heterocycles. The van der Waals surface area contributed by atoms with Crippen molar-refractivity contribution in [1.29, 1.82) is 0 Å². The molecule has 0 heterocycles. The molecule has 0 bridgehead atoms. The van der Waals surface area contributed by atoms with Crippen LogP contribution in [-0.4, -0.2) is 41.4 Å². The third-order valence-electron chi connectivity index (χ3n) is 8.00. The second-order valence-electron chi connectivity index (χ2n) is 10.8. The van der Waals surface area contributed by atoms with Gasteiger partial charge in [-0.2, -0.15) is 9.68 Å². The lowest BCUT2D eigenvalue weighted by Crippen LogP contribution is -2.20. The number of hydrogen-bond donors (Lipinski definition) is 0. The van der Waals surface area contributed by atoms with Gasteiger partial charge in [-0.25, -0.2) is 0 Å². The molecule has 0 fully saturated rings. The fourth-order valence-corrected chi connectivity index (χ4v) is 5.53. The second-order valence-corrected chi connectivity index (χ2v) is 10.8. The summed E-state index contributed by atoms with van der Waals surface area (Å²) in [6, 6.07) is 13.9. The number of hydrogen-bond acceptors (Lipinski definition) is 7. The first-order valence-corrected chi connectivity index (χ1v) is 14.8. The highest BCUT2D eigenvalue weighted by Gasteiger charge is 2.30. The predicted molar refractivity (Wildman–Crippen MR) is 157 cm³/mol. The summed E-state index contributed by atoms with van der Waals surface area (Å²) in [6.45, 7) is 3.92. The second kappa shape index (κ2) is 14.6. The maximum atomic E-state index is 12.8. The molecule has 0 spiro atoms. The van der Waals surface area contributed by atoms with E-state index in [0.717, 1.165) is 38.5 Å². The molecule has 8 heteroatoms. The number of fused-ring (bicyclic) bond motifs is 2. The number of rotatable bonds is 16. The van der Waals surface area contributed by atoms with E-state index < -0.39 is 0 Å². The molecule has 0 saturated heterocycles. The fourth-order valence-electron chi connectivity index (χ4n) is 5.53. The van der Waals surface area contributed by atoms with Crippen LogP contribution in [0.2, 0.25) is 0 Å². The summed E-state index contributed by atoms with van der Waals surface area (Å²) in [4.78, 5) is 72.7. The minimum atomic E-state index is -0.0722. The third kappa shape index (κ3) is 7.16. The summed E-state index contributed by atoms with van der Waals surface area (Å²) in [6.07, 6.45) is 7.39. The van der Waals surface area contributed by atoms with Crippen molar-refractivity contribution in [1.82, 2.24) is 0 Å². The van der Waals surface area contributed by atoms with Crippen LogP contribution in [0, 0.1) is 4.91 Å². The van der Waals surface area contributed by atoms with Gasteiger partial charge in [0.2, 0.25) is 0 Å². The van der Waals surface area contributed by atoms with Crippen LogP contribution in [0.3, 0.4) is 0 Å². The van der Waals surface area contributed by atoms with E-state index in [9.17, 15) is 24.1 Å². The Morgan fingerprint density at radius 2 is 0.833 bits per heavy atom. The predicted octanol–water partition coefficient (Wildman–Crippen LogP) is 7.32. The van der Waals surface area contributed by atoms with Crippen molar-refractivity contribution in [3.05, 3.63) is 98.0 Å². The van der Waals surface area contributed by atoms with E-state index in [-0.39, 0.29) is 41.4 Å². The molecule has 8 nitrogen and oxygen atoms in total. The van der Waals surface area contributed by atoms with Crippen molar-refractivity contribution in [2.75, 3.05) is 13.2 Å². The largest absolute Gasteiger partial charge is 0.477 e. The van der Waals surface area contributed by atoms with Crippen molar-refractivity contribution in [3.63, 3.8) is 0 Å². The molecular weight excluding hydrogens is 534 g/mol. The van der Waals surface area contributed by atoms with Gasteiger partial charge in [-0.3, -0.25) is 19.2 Å². The highest BCUT2D eigenvalue weighted by atomic mass is 17.0. The number of carbonyl (C=O) groups is 4. The number of carbonyl (C=O) groups excluding carboxylic acids is 4. The summed E-state index contributed by atoms with van der Waals surface area (Å²) in [5.74, 6) is -0.256. The number of allylic oxidation sites excluding steroid dienone is 4. The van der Waals surface area contributed by atoms with Gasteiger partial charge in [-0.15, -0.1) is 0 Å². The van der Waals surface area contributed by atoms with Crippen LogP contribution in [0.1, 0.15) is 119 Å². The van der Waals surface area contributed by atoms with E-state index in [1.807, 2.05) is 0 Å². The first-order chi connectivity index (χ1) is 20.3. The van der Waals surface area contributed by atoms with Gasteiger partial charge in [0.1, 0.15) is 4.91 Å². The molecular formula is C34H38NO7+. The van der Waals surface area contributed by atoms with E-state index in [1.165, 1.54) is 0 Å². The van der Waals surface area contributed by atoms with E-state index in [2.05, 4.69) is 0 Å². The Balaban J connectivity index is 1.02. The van der Waals surface area contributed by atoms with Gasteiger partial charge in [-0.05, 0) is 65.2 Å². The van der Waals surface area contributed by atoms with E-state index >= 15 is 0 Å². The average Bonchev–Trinajstić information content (AvgIpc) is 3.00. The molecule has 0 radical (unpaired) electrons. The van der Waals surface area contributed by atoms with Gasteiger partial charge >= 0.3 is 5.09 Å². The monoisotopic (exact) mass is 572 g/mol. The van der Waals surface area contributed by atoms with Gasteiger partial charge < -0.3 is 0 Å². The van der Waals surface area contributed by atoms with Crippen molar-refractivity contribution >= 4 is 23.1 Å². The zero-order valence-electron chi connectivity index (χ0n) is 24.4. The van der Waals surface area contributed by atoms with Gasteiger partial charge in [0.25, 0.3) is 0 Å². The zero-order valence-corrected chi connectivity index (χ0v) is 24.4. The molecule has 0 unspecified atom stereocenters. The highest BCUT2D eigenvalue weighted by Crippen LogP contribution is 2.30. The summed E-state index contributed by atoms with van der Waals surface area (Å²) in [7, 11) is 0. The quantitative estimate of drug-likeness (QED) is 0.153. The molecule has 2 aliphatic rings. The Labute approximate surface area is 246 Å². The molecule has 0 amide bonds. The summed E-state index contributed by atoms with van der Waals surface area (Å²) in [5, 5.41) is 0.163. The standard InChI is InChI=1S/C34H38NO7/c1-23-25(33(38)29-19-11-9-17-27(29)31(23)36)15-7-3-5-13-21-41-35(40)42-22-14-6-4-8-16-26-24(2)32(37)28-18-10-12-20-30(28)34(26)39/h9-12,17-20H,3-8,13-16,21-22H2,1-2H3/q+1. The van der Waals surface area contributed by atoms with Crippen molar-refractivity contribution in [2.24, 2.45) is 0 Å². The van der Waals surface area contributed by atoms with Crippen LogP contribution in [0.25, 0.3) is 0 Å². The molecule has 0 aliphatic heterocycles. The Bertz CT molecular complexity index is 1340. The molecule has 0 atom stereocenters. The van der Waals surface area contributed by atoms with Crippen molar-refractivity contribution < 1.29 is 33.9 Å². The fraction of sp³-hybridized carbons (Fsp3) is 0.412. The van der Waals surface area contributed by atoms with Crippen molar-refractivity contribution in [2.45, 2.75) is 78.1 Å². The van der Waals surface area contributed by atoms with Crippen LogP contribution in [0.15, 0.2) is 70.8 Å². The van der Waals surface area contributed by atoms with Gasteiger partial charge in [-0.1, -0.05) is 61.4 Å². The smallest absolute Gasteiger partial charge is 0.289 e. The summed E-state index contributed by atoms with van der Waals surface area (Å²) >= 11 is 0. The Morgan fingerprint density at radius 3 is 1.21 bits per heavy atom. The van der Waals surface area contributed by atoms with Gasteiger partial charge in [0, 0.05) is 44.5 Å². The maximum Gasteiger partial charge on any atom is 0.477 e. The van der Waals surface area contributed by atoms with Crippen LogP contribution in [-0.2, 0) is 9.68 Å². The van der Waals surface area contributed by atoms with E-state index in [0.29, 0.717) is 70.2 Å². The molecule has 220 valence electrons. The molecule has 4 rings (SSSR count).